The van der Waals surface area contributed by atoms with Gasteiger partial charge in [-0.3, -0.25) is 9.97 Å². The molecule has 28 heavy (non-hydrogen) atoms. The van der Waals surface area contributed by atoms with Crippen LogP contribution in [0.25, 0.3) is 32.8 Å². The number of benzene rings is 2. The molecule has 3 aromatic heterocycles. The second-order valence-electron chi connectivity index (χ2n) is 6.40. The molecule has 0 unspecified atom stereocenters. The minimum absolute atomic E-state index is 0.319. The van der Waals surface area contributed by atoms with Gasteiger partial charge in [0.1, 0.15) is 0 Å². The molecule has 0 aliphatic carbocycles. The number of hydrogen-bond acceptors (Lipinski definition) is 4. The largest absolute Gasteiger partial charge is 0.347 e. The highest BCUT2D eigenvalue weighted by molar-refractivity contribution is 6.00. The van der Waals surface area contributed by atoms with E-state index in [-0.39, 0.29) is 6.03 Å². The molecule has 0 aliphatic heterocycles. The van der Waals surface area contributed by atoms with Crippen molar-refractivity contribution in [2.75, 3.05) is 5.32 Å². The Kier molecular flexibility index (Phi) is 3.80. The van der Waals surface area contributed by atoms with Crippen molar-refractivity contribution in [1.82, 2.24) is 19.7 Å². The van der Waals surface area contributed by atoms with E-state index < -0.39 is 0 Å². The van der Waals surface area contributed by atoms with Gasteiger partial charge >= 0.3 is 6.03 Å². The molecular formula is C22H15N5O. The number of pyridine rings is 2. The molecule has 5 aromatic rings. The van der Waals surface area contributed by atoms with Crippen LogP contribution in [-0.2, 0) is 0 Å². The van der Waals surface area contributed by atoms with Crippen molar-refractivity contribution in [2.45, 2.75) is 0 Å². The first-order valence-electron chi connectivity index (χ1n) is 8.82. The van der Waals surface area contributed by atoms with Gasteiger partial charge in [-0.05, 0) is 35.2 Å². The molecule has 0 fully saturated rings. The van der Waals surface area contributed by atoms with E-state index in [2.05, 4.69) is 26.4 Å². The van der Waals surface area contributed by atoms with Gasteiger partial charge in [0, 0.05) is 46.8 Å². The first-order valence-corrected chi connectivity index (χ1v) is 8.82. The van der Waals surface area contributed by atoms with Crippen LogP contribution in [0.2, 0.25) is 0 Å². The standard InChI is InChI=1S/C22H15N5O/c28-22(26-18-7-9-23-10-8-18)27-21-6-5-15(11-17(21)13-25-27)20-14-24-12-16-3-1-2-4-19(16)20/h1-14H,(H,23,26,28). The van der Waals surface area contributed by atoms with E-state index in [1.165, 1.54) is 4.68 Å². The van der Waals surface area contributed by atoms with Crippen LogP contribution in [0.4, 0.5) is 10.5 Å². The maximum atomic E-state index is 12.6. The topological polar surface area (TPSA) is 72.7 Å². The third kappa shape index (κ3) is 2.77. The molecule has 0 aliphatic rings. The monoisotopic (exact) mass is 365 g/mol. The summed E-state index contributed by atoms with van der Waals surface area (Å²) in [6, 6.07) is 17.2. The Bertz CT molecular complexity index is 1310. The average Bonchev–Trinajstić information content (AvgIpc) is 3.17. The molecule has 0 saturated carbocycles. The highest BCUT2D eigenvalue weighted by Gasteiger charge is 2.12. The first-order chi connectivity index (χ1) is 13.8. The van der Waals surface area contributed by atoms with E-state index in [9.17, 15) is 4.79 Å². The van der Waals surface area contributed by atoms with Gasteiger partial charge in [-0.15, -0.1) is 0 Å². The number of aromatic nitrogens is 4. The summed E-state index contributed by atoms with van der Waals surface area (Å²) in [7, 11) is 0. The number of carbonyl (C=O) groups is 1. The van der Waals surface area contributed by atoms with E-state index >= 15 is 0 Å². The van der Waals surface area contributed by atoms with Gasteiger partial charge in [-0.1, -0.05) is 30.3 Å². The second kappa shape index (κ2) is 6.59. The van der Waals surface area contributed by atoms with Gasteiger partial charge in [-0.25, -0.2) is 4.79 Å². The van der Waals surface area contributed by atoms with Gasteiger partial charge in [0.25, 0.3) is 0 Å². The summed E-state index contributed by atoms with van der Waals surface area (Å²) < 4.78 is 1.36. The van der Waals surface area contributed by atoms with E-state index in [4.69, 9.17) is 0 Å². The number of anilines is 1. The van der Waals surface area contributed by atoms with Crippen LogP contribution in [0.5, 0.6) is 0 Å². The van der Waals surface area contributed by atoms with Crippen molar-refractivity contribution < 1.29 is 4.79 Å². The molecule has 3 heterocycles. The number of fused-ring (bicyclic) bond motifs is 2. The van der Waals surface area contributed by atoms with Crippen molar-refractivity contribution in [2.24, 2.45) is 0 Å². The molecule has 1 N–H and O–H groups in total. The molecule has 5 rings (SSSR count). The zero-order valence-electron chi connectivity index (χ0n) is 14.8. The molecule has 134 valence electrons. The highest BCUT2D eigenvalue weighted by atomic mass is 16.2. The van der Waals surface area contributed by atoms with Crippen LogP contribution < -0.4 is 5.32 Å². The molecule has 0 spiro atoms. The van der Waals surface area contributed by atoms with Gasteiger partial charge in [0.05, 0.1) is 11.7 Å². The lowest BCUT2D eigenvalue weighted by Crippen LogP contribution is -2.20. The summed E-state index contributed by atoms with van der Waals surface area (Å²) in [5.74, 6) is 0. The summed E-state index contributed by atoms with van der Waals surface area (Å²) in [4.78, 5) is 20.9. The number of carbonyl (C=O) groups excluding carboxylic acids is 1. The Labute approximate surface area is 160 Å². The van der Waals surface area contributed by atoms with E-state index in [1.807, 2.05) is 48.8 Å². The fourth-order valence-corrected chi connectivity index (χ4v) is 3.32. The third-order valence-corrected chi connectivity index (χ3v) is 4.67. The third-order valence-electron chi connectivity index (χ3n) is 4.67. The molecule has 0 atom stereocenters. The maximum Gasteiger partial charge on any atom is 0.347 e. The smallest absolute Gasteiger partial charge is 0.306 e. The lowest BCUT2D eigenvalue weighted by Gasteiger charge is -2.08. The zero-order chi connectivity index (χ0) is 18.9. The molecule has 6 heteroatoms. The van der Waals surface area contributed by atoms with E-state index in [1.54, 1.807) is 30.7 Å². The van der Waals surface area contributed by atoms with E-state index in [0.29, 0.717) is 5.69 Å². The van der Waals surface area contributed by atoms with Crippen LogP contribution in [0, 0.1) is 0 Å². The lowest BCUT2D eigenvalue weighted by atomic mass is 10.00. The van der Waals surface area contributed by atoms with Gasteiger partial charge in [0.15, 0.2) is 0 Å². The van der Waals surface area contributed by atoms with Crippen LogP contribution in [0.3, 0.4) is 0 Å². The van der Waals surface area contributed by atoms with Crippen molar-refractivity contribution >= 4 is 33.4 Å². The number of hydrogen-bond donors (Lipinski definition) is 1. The number of rotatable bonds is 2. The Hall–Kier alpha value is -4.06. The predicted octanol–water partition coefficient (Wildman–Crippen LogP) is 4.73. The summed E-state index contributed by atoms with van der Waals surface area (Å²) >= 11 is 0. The average molecular weight is 365 g/mol. The fraction of sp³-hybridized carbons (Fsp3) is 0. The van der Waals surface area contributed by atoms with Gasteiger partial charge < -0.3 is 5.32 Å². The number of nitrogens with zero attached hydrogens (tertiary/aromatic N) is 4. The Morgan fingerprint density at radius 1 is 0.857 bits per heavy atom. The van der Waals surface area contributed by atoms with Crippen LogP contribution in [-0.4, -0.2) is 25.8 Å². The second-order valence-corrected chi connectivity index (χ2v) is 6.40. The van der Waals surface area contributed by atoms with Crippen molar-refractivity contribution in [3.8, 4) is 11.1 Å². The number of amides is 1. The zero-order valence-corrected chi connectivity index (χ0v) is 14.8. The SMILES string of the molecule is O=C(Nc1ccncc1)n1ncc2cc(-c3cncc4ccccc34)ccc21. The van der Waals surface area contributed by atoms with Crippen molar-refractivity contribution in [3.63, 3.8) is 0 Å². The Morgan fingerprint density at radius 3 is 2.61 bits per heavy atom. The lowest BCUT2D eigenvalue weighted by molar-refractivity contribution is 0.252. The molecule has 0 bridgehead atoms. The van der Waals surface area contributed by atoms with E-state index in [0.717, 1.165) is 32.8 Å². The van der Waals surface area contributed by atoms with Crippen molar-refractivity contribution in [3.05, 3.63) is 85.6 Å². The minimum atomic E-state index is -0.319. The summed E-state index contributed by atoms with van der Waals surface area (Å²) in [6.07, 6.45) is 8.68. The Morgan fingerprint density at radius 2 is 1.71 bits per heavy atom. The molecular weight excluding hydrogens is 350 g/mol. The molecule has 6 nitrogen and oxygen atoms in total. The number of nitrogens with one attached hydrogen (secondary N) is 1. The van der Waals surface area contributed by atoms with Gasteiger partial charge in [-0.2, -0.15) is 9.78 Å². The van der Waals surface area contributed by atoms with Crippen LogP contribution in [0.15, 0.2) is 85.6 Å². The quantitative estimate of drug-likeness (QED) is 0.491. The van der Waals surface area contributed by atoms with Crippen LogP contribution in [0.1, 0.15) is 0 Å². The summed E-state index contributed by atoms with van der Waals surface area (Å²) in [5.41, 5.74) is 3.49. The Balaban J connectivity index is 1.54. The van der Waals surface area contributed by atoms with Crippen molar-refractivity contribution in [1.29, 1.82) is 0 Å². The first kappa shape index (κ1) is 16.1. The minimum Gasteiger partial charge on any atom is -0.306 e. The molecule has 0 radical (unpaired) electrons. The highest BCUT2D eigenvalue weighted by Crippen LogP contribution is 2.30. The van der Waals surface area contributed by atoms with Crippen LogP contribution >= 0.6 is 0 Å². The van der Waals surface area contributed by atoms with Gasteiger partial charge in [0.2, 0.25) is 0 Å². The maximum absolute atomic E-state index is 12.6. The predicted molar refractivity (Wildman–Crippen MR) is 109 cm³/mol. The summed E-state index contributed by atoms with van der Waals surface area (Å²) in [5, 5.41) is 10.2. The molecule has 0 saturated heterocycles. The fourth-order valence-electron chi connectivity index (χ4n) is 3.32. The normalized spacial score (nSPS) is 11.0. The summed E-state index contributed by atoms with van der Waals surface area (Å²) in [6.45, 7) is 0. The molecule has 1 amide bonds. The molecule has 2 aromatic carbocycles.